The van der Waals surface area contributed by atoms with Crippen molar-refractivity contribution in [3.05, 3.63) is 64.7 Å². The zero-order valence-corrected chi connectivity index (χ0v) is 18.8. The zero-order valence-electron chi connectivity index (χ0n) is 18.8. The number of carbonyl (C=O) groups is 2. The Labute approximate surface area is 180 Å². The van der Waals surface area contributed by atoms with Gasteiger partial charge in [-0.15, -0.1) is 0 Å². The zero-order chi connectivity index (χ0) is 22.1. The minimum atomic E-state index is -0.536. The van der Waals surface area contributed by atoms with Crippen LogP contribution in [0.3, 0.4) is 0 Å². The van der Waals surface area contributed by atoms with Gasteiger partial charge in [-0.2, -0.15) is 0 Å². The van der Waals surface area contributed by atoms with E-state index >= 15 is 0 Å². The van der Waals surface area contributed by atoms with E-state index in [1.54, 1.807) is 4.90 Å². The van der Waals surface area contributed by atoms with Crippen LogP contribution in [0.1, 0.15) is 48.9 Å². The first-order valence-corrected chi connectivity index (χ1v) is 10.7. The van der Waals surface area contributed by atoms with Crippen LogP contribution in [0.2, 0.25) is 0 Å². The Morgan fingerprint density at radius 3 is 2.40 bits per heavy atom. The summed E-state index contributed by atoms with van der Waals surface area (Å²) in [6, 6.07) is 13.3. The number of benzene rings is 2. The fourth-order valence-corrected chi connectivity index (χ4v) is 3.44. The molecule has 0 spiro atoms. The van der Waals surface area contributed by atoms with Gasteiger partial charge < -0.3 is 15.0 Å². The molecule has 0 aromatic heterocycles. The summed E-state index contributed by atoms with van der Waals surface area (Å²) in [5, 5.41) is 2.93. The normalized spacial score (nSPS) is 11.6. The molecule has 2 rings (SSSR count). The highest BCUT2D eigenvalue weighted by Gasteiger charge is 2.29. The van der Waals surface area contributed by atoms with Crippen LogP contribution >= 0.6 is 0 Å². The molecule has 0 radical (unpaired) electrons. The number of nitrogens with one attached hydrogen (secondary N) is 1. The fraction of sp³-hybridized carbons (Fsp3) is 0.440. The molecule has 0 unspecified atom stereocenters. The lowest BCUT2D eigenvalue weighted by atomic mass is 10.1. The molecule has 1 atom stereocenters. The molecule has 30 heavy (non-hydrogen) atoms. The molecule has 0 saturated carbocycles. The van der Waals surface area contributed by atoms with Gasteiger partial charge in [-0.05, 0) is 56.4 Å². The van der Waals surface area contributed by atoms with Gasteiger partial charge in [0.1, 0.15) is 11.8 Å². The quantitative estimate of drug-likeness (QED) is 0.634. The van der Waals surface area contributed by atoms with E-state index in [0.717, 1.165) is 28.7 Å². The van der Waals surface area contributed by atoms with Crippen LogP contribution in [-0.2, 0) is 16.1 Å². The van der Waals surface area contributed by atoms with Gasteiger partial charge in [0.25, 0.3) is 5.91 Å². The molecule has 2 amide bonds. The second-order valence-electron chi connectivity index (χ2n) is 7.72. The van der Waals surface area contributed by atoms with Crippen molar-refractivity contribution in [1.82, 2.24) is 10.2 Å². The Morgan fingerprint density at radius 2 is 1.77 bits per heavy atom. The molecule has 0 aliphatic rings. The first-order valence-electron chi connectivity index (χ1n) is 10.7. The lowest BCUT2D eigenvalue weighted by Gasteiger charge is -2.31. The van der Waals surface area contributed by atoms with Crippen molar-refractivity contribution in [2.75, 3.05) is 13.2 Å². The molecule has 2 aromatic rings. The molecule has 5 heteroatoms. The highest BCUT2D eigenvalue weighted by atomic mass is 16.5. The second-order valence-corrected chi connectivity index (χ2v) is 7.72. The number of hydrogen-bond acceptors (Lipinski definition) is 3. The van der Waals surface area contributed by atoms with Crippen molar-refractivity contribution < 1.29 is 14.3 Å². The summed E-state index contributed by atoms with van der Waals surface area (Å²) >= 11 is 0. The summed E-state index contributed by atoms with van der Waals surface area (Å²) in [5.41, 5.74) is 4.25. The number of rotatable bonds is 10. The average molecular weight is 411 g/mol. The summed E-state index contributed by atoms with van der Waals surface area (Å²) in [6.07, 6.45) is 1.39. The highest BCUT2D eigenvalue weighted by molar-refractivity contribution is 5.88. The van der Waals surface area contributed by atoms with Gasteiger partial charge in [0.2, 0.25) is 5.91 Å². The van der Waals surface area contributed by atoms with Crippen molar-refractivity contribution in [3.63, 3.8) is 0 Å². The van der Waals surface area contributed by atoms with Gasteiger partial charge in [-0.3, -0.25) is 9.59 Å². The molecular weight excluding hydrogens is 376 g/mol. The van der Waals surface area contributed by atoms with Crippen LogP contribution in [0.15, 0.2) is 42.5 Å². The molecule has 5 nitrogen and oxygen atoms in total. The molecular formula is C25H34N2O3. The van der Waals surface area contributed by atoms with E-state index in [1.807, 2.05) is 77.1 Å². The smallest absolute Gasteiger partial charge is 0.261 e. The first kappa shape index (κ1) is 23.5. The number of amides is 2. The van der Waals surface area contributed by atoms with E-state index < -0.39 is 6.04 Å². The predicted molar refractivity (Wildman–Crippen MR) is 121 cm³/mol. The standard InChI is InChI=1S/C25H34N2O3/c1-6-14-26-25(29)22(7-2)27(16-21-11-9-8-10-19(21)4)24(28)17-30-23-13-12-18(3)15-20(23)5/h8-13,15,22H,6-7,14,16-17H2,1-5H3,(H,26,29)/t22-/m0/s1. The van der Waals surface area contributed by atoms with Crippen LogP contribution in [0.25, 0.3) is 0 Å². The third-order valence-electron chi connectivity index (χ3n) is 5.22. The third-order valence-corrected chi connectivity index (χ3v) is 5.22. The van der Waals surface area contributed by atoms with Crippen LogP contribution in [0.5, 0.6) is 5.75 Å². The van der Waals surface area contributed by atoms with Crippen LogP contribution < -0.4 is 10.1 Å². The summed E-state index contributed by atoms with van der Waals surface area (Å²) in [7, 11) is 0. The largest absolute Gasteiger partial charge is 0.483 e. The van der Waals surface area contributed by atoms with Gasteiger partial charge in [0.05, 0.1) is 0 Å². The monoisotopic (exact) mass is 410 g/mol. The van der Waals surface area contributed by atoms with E-state index in [9.17, 15) is 9.59 Å². The third kappa shape index (κ3) is 6.34. The van der Waals surface area contributed by atoms with E-state index in [1.165, 1.54) is 0 Å². The lowest BCUT2D eigenvalue weighted by Crippen LogP contribution is -2.50. The number of carbonyl (C=O) groups excluding carboxylic acids is 2. The van der Waals surface area contributed by atoms with Gasteiger partial charge >= 0.3 is 0 Å². The Kier molecular flexibility index (Phi) is 8.90. The molecule has 2 aromatic carbocycles. The topological polar surface area (TPSA) is 58.6 Å². The Bertz CT molecular complexity index is 863. The molecule has 0 bridgehead atoms. The minimum Gasteiger partial charge on any atom is -0.483 e. The highest BCUT2D eigenvalue weighted by Crippen LogP contribution is 2.20. The number of hydrogen-bond donors (Lipinski definition) is 1. The van der Waals surface area contributed by atoms with Gasteiger partial charge in [-0.25, -0.2) is 0 Å². The maximum atomic E-state index is 13.2. The van der Waals surface area contributed by atoms with Crippen LogP contribution in [0.4, 0.5) is 0 Å². The number of ether oxygens (including phenoxy) is 1. The maximum Gasteiger partial charge on any atom is 0.261 e. The Balaban J connectivity index is 2.22. The van der Waals surface area contributed by atoms with E-state index in [4.69, 9.17) is 4.74 Å². The summed E-state index contributed by atoms with van der Waals surface area (Å²) in [5.74, 6) is 0.373. The first-order chi connectivity index (χ1) is 14.4. The maximum absolute atomic E-state index is 13.2. The van der Waals surface area contributed by atoms with Crippen molar-refractivity contribution in [2.24, 2.45) is 0 Å². The van der Waals surface area contributed by atoms with Gasteiger partial charge in [-0.1, -0.05) is 55.8 Å². The summed E-state index contributed by atoms with van der Waals surface area (Å²) in [4.78, 5) is 27.6. The molecule has 0 aliphatic carbocycles. The number of nitrogens with zero attached hydrogens (tertiary/aromatic N) is 1. The van der Waals surface area contributed by atoms with Crippen LogP contribution in [-0.4, -0.2) is 35.9 Å². The lowest BCUT2D eigenvalue weighted by molar-refractivity contribution is -0.143. The number of aryl methyl sites for hydroxylation is 3. The Morgan fingerprint density at radius 1 is 1.03 bits per heavy atom. The summed E-state index contributed by atoms with van der Waals surface area (Å²) < 4.78 is 5.84. The molecule has 1 N–H and O–H groups in total. The molecule has 162 valence electrons. The van der Waals surface area contributed by atoms with Crippen molar-refractivity contribution >= 4 is 11.8 Å². The summed E-state index contributed by atoms with van der Waals surface area (Å²) in [6.45, 7) is 10.8. The van der Waals surface area contributed by atoms with E-state index in [-0.39, 0.29) is 18.4 Å². The average Bonchev–Trinajstić information content (AvgIpc) is 2.72. The molecule has 0 saturated heterocycles. The molecule has 0 aliphatic heterocycles. The van der Waals surface area contributed by atoms with E-state index in [2.05, 4.69) is 5.32 Å². The van der Waals surface area contributed by atoms with Crippen molar-refractivity contribution in [2.45, 2.75) is 60.0 Å². The van der Waals surface area contributed by atoms with Crippen molar-refractivity contribution in [3.8, 4) is 5.75 Å². The predicted octanol–water partition coefficient (Wildman–Crippen LogP) is 4.32. The SMILES string of the molecule is CCCNC(=O)[C@H](CC)N(Cc1ccccc1C)C(=O)COc1ccc(C)cc1C. The Hall–Kier alpha value is -2.82. The van der Waals surface area contributed by atoms with Gasteiger partial charge in [0.15, 0.2) is 6.61 Å². The molecule has 0 heterocycles. The minimum absolute atomic E-state index is 0.104. The fourth-order valence-electron chi connectivity index (χ4n) is 3.44. The van der Waals surface area contributed by atoms with E-state index in [0.29, 0.717) is 25.3 Å². The van der Waals surface area contributed by atoms with Crippen molar-refractivity contribution in [1.29, 1.82) is 0 Å². The van der Waals surface area contributed by atoms with Crippen LogP contribution in [0, 0.1) is 20.8 Å². The second kappa shape index (κ2) is 11.4. The van der Waals surface area contributed by atoms with Gasteiger partial charge in [0, 0.05) is 13.1 Å². The molecule has 0 fully saturated rings.